The normalized spacial score (nSPS) is 15.7. The zero-order valence-corrected chi connectivity index (χ0v) is 21.3. The highest BCUT2D eigenvalue weighted by Crippen LogP contribution is 2.52. The highest BCUT2D eigenvalue weighted by atomic mass is 35.5. The van der Waals surface area contributed by atoms with Crippen LogP contribution in [-0.2, 0) is 6.54 Å². The molecule has 0 saturated carbocycles. The summed E-state index contributed by atoms with van der Waals surface area (Å²) in [5.41, 5.74) is 6.01. The molecule has 38 heavy (non-hydrogen) atoms. The number of rotatable bonds is 4. The minimum Gasteiger partial charge on any atom is -0.305 e. The summed E-state index contributed by atoms with van der Waals surface area (Å²) in [7, 11) is 0. The van der Waals surface area contributed by atoms with Crippen molar-refractivity contribution in [1.29, 1.82) is 0 Å². The molecule has 186 valence electrons. The second-order valence-corrected chi connectivity index (χ2v) is 9.86. The van der Waals surface area contributed by atoms with Gasteiger partial charge in [0.25, 0.3) is 0 Å². The van der Waals surface area contributed by atoms with Crippen molar-refractivity contribution >= 4 is 34.8 Å². The third-order valence-corrected chi connectivity index (χ3v) is 7.49. The molecule has 0 spiro atoms. The topological polar surface area (TPSA) is 36.7 Å². The largest absolute Gasteiger partial charge is 0.305 e. The maximum Gasteiger partial charge on any atom is 0.213 e. The van der Waals surface area contributed by atoms with E-state index in [9.17, 15) is 0 Å². The fourth-order valence-corrected chi connectivity index (χ4v) is 5.77. The summed E-state index contributed by atoms with van der Waals surface area (Å²) in [4.78, 5) is 9.53. The third-order valence-electron chi connectivity index (χ3n) is 7.17. The maximum atomic E-state index is 15.7. The van der Waals surface area contributed by atoms with E-state index in [1.807, 2.05) is 72.3 Å². The van der Waals surface area contributed by atoms with E-state index < -0.39 is 6.04 Å². The first kappa shape index (κ1) is 22.8. The van der Waals surface area contributed by atoms with Crippen LogP contribution in [0.25, 0.3) is 5.69 Å². The van der Waals surface area contributed by atoms with Crippen LogP contribution in [0, 0.1) is 12.7 Å². The Bertz CT molecular complexity index is 1680. The van der Waals surface area contributed by atoms with E-state index in [4.69, 9.17) is 21.7 Å². The summed E-state index contributed by atoms with van der Waals surface area (Å²) in [5.74, 6) is 1.03. The van der Waals surface area contributed by atoms with Crippen molar-refractivity contribution in [3.63, 3.8) is 0 Å². The lowest BCUT2D eigenvalue weighted by Gasteiger charge is -2.35. The van der Waals surface area contributed by atoms with Gasteiger partial charge >= 0.3 is 0 Å². The summed E-state index contributed by atoms with van der Waals surface area (Å²) in [6.07, 6.45) is 0. The van der Waals surface area contributed by atoms with Gasteiger partial charge in [-0.05, 0) is 48.9 Å². The highest BCUT2D eigenvalue weighted by Gasteiger charge is 2.45. The lowest BCUT2D eigenvalue weighted by molar-refractivity contribution is 0.597. The van der Waals surface area contributed by atoms with Gasteiger partial charge in [0.15, 0.2) is 5.82 Å². The van der Waals surface area contributed by atoms with E-state index in [1.54, 1.807) is 12.1 Å². The molecular formula is C31H23ClFN5. The summed E-state index contributed by atoms with van der Waals surface area (Å²) in [5, 5.41) is 5.26. The summed E-state index contributed by atoms with van der Waals surface area (Å²) in [6, 6.07) is 32.6. The smallest absolute Gasteiger partial charge is 0.213 e. The molecule has 4 aromatic carbocycles. The first-order valence-corrected chi connectivity index (χ1v) is 12.9. The van der Waals surface area contributed by atoms with Crippen molar-refractivity contribution in [2.24, 2.45) is 4.99 Å². The molecule has 2 aliphatic heterocycles. The Morgan fingerprint density at radius 1 is 0.789 bits per heavy atom. The quantitative estimate of drug-likeness (QED) is 0.245. The average molecular weight is 520 g/mol. The first-order chi connectivity index (χ1) is 18.6. The summed E-state index contributed by atoms with van der Waals surface area (Å²) in [6.45, 7) is 2.56. The van der Waals surface area contributed by atoms with E-state index >= 15 is 4.39 Å². The molecule has 3 heterocycles. The van der Waals surface area contributed by atoms with Gasteiger partial charge < -0.3 is 4.90 Å². The van der Waals surface area contributed by atoms with Crippen molar-refractivity contribution in [1.82, 2.24) is 9.78 Å². The van der Waals surface area contributed by atoms with Gasteiger partial charge in [-0.2, -0.15) is 10.1 Å². The molecule has 0 amide bonds. The van der Waals surface area contributed by atoms with Crippen LogP contribution in [0.15, 0.2) is 108 Å². The number of benzene rings is 4. The summed E-state index contributed by atoms with van der Waals surface area (Å²) < 4.78 is 17.5. The van der Waals surface area contributed by atoms with Crippen LogP contribution in [0.2, 0.25) is 5.02 Å². The van der Waals surface area contributed by atoms with Crippen molar-refractivity contribution in [3.8, 4) is 5.69 Å². The Balaban J connectivity index is 1.52. The molecule has 0 bridgehead atoms. The lowest BCUT2D eigenvalue weighted by atomic mass is 9.94. The highest BCUT2D eigenvalue weighted by molar-refractivity contribution is 6.31. The molecule has 0 aliphatic carbocycles. The lowest BCUT2D eigenvalue weighted by Crippen LogP contribution is -2.43. The van der Waals surface area contributed by atoms with Crippen LogP contribution in [-0.4, -0.2) is 15.7 Å². The molecule has 0 fully saturated rings. The maximum absolute atomic E-state index is 15.7. The van der Waals surface area contributed by atoms with E-state index in [-0.39, 0.29) is 5.82 Å². The van der Waals surface area contributed by atoms with Gasteiger partial charge in [0.05, 0.1) is 35.3 Å². The molecule has 7 heteroatoms. The first-order valence-electron chi connectivity index (χ1n) is 12.5. The van der Waals surface area contributed by atoms with E-state index in [2.05, 4.69) is 34.1 Å². The average Bonchev–Trinajstić information content (AvgIpc) is 3.44. The van der Waals surface area contributed by atoms with Crippen LogP contribution in [0.1, 0.15) is 28.4 Å². The van der Waals surface area contributed by atoms with Gasteiger partial charge in [-0.1, -0.05) is 78.3 Å². The molecule has 2 aliphatic rings. The number of anilines is 2. The third kappa shape index (κ3) is 3.45. The van der Waals surface area contributed by atoms with Gasteiger partial charge in [-0.3, -0.25) is 4.90 Å². The number of hydrogen-bond donors (Lipinski definition) is 0. The number of hydrogen-bond acceptors (Lipinski definition) is 4. The number of aryl methyl sites for hydroxylation is 1. The molecule has 5 aromatic rings. The molecule has 7 rings (SSSR count). The van der Waals surface area contributed by atoms with Crippen LogP contribution in [0.5, 0.6) is 0 Å². The zero-order valence-electron chi connectivity index (χ0n) is 20.6. The number of halogens is 2. The van der Waals surface area contributed by atoms with Crippen molar-refractivity contribution < 1.29 is 4.39 Å². The number of guanidine groups is 1. The second kappa shape index (κ2) is 8.85. The van der Waals surface area contributed by atoms with Gasteiger partial charge in [0.1, 0.15) is 5.82 Å². The molecular weight excluding hydrogens is 497 g/mol. The number of aromatic nitrogens is 2. The van der Waals surface area contributed by atoms with Gasteiger partial charge in [0, 0.05) is 16.1 Å². The van der Waals surface area contributed by atoms with Crippen LogP contribution in [0.3, 0.4) is 0 Å². The van der Waals surface area contributed by atoms with Crippen LogP contribution < -0.4 is 9.80 Å². The molecule has 1 aromatic heterocycles. The Kier molecular flexibility index (Phi) is 5.30. The Hall–Kier alpha value is -4.42. The summed E-state index contributed by atoms with van der Waals surface area (Å²) >= 11 is 6.74. The predicted molar refractivity (Wildman–Crippen MR) is 150 cm³/mol. The predicted octanol–water partition coefficient (Wildman–Crippen LogP) is 7.59. The Morgan fingerprint density at radius 3 is 2.21 bits per heavy atom. The van der Waals surface area contributed by atoms with E-state index in [0.29, 0.717) is 28.9 Å². The second-order valence-electron chi connectivity index (χ2n) is 9.45. The zero-order chi connectivity index (χ0) is 25.8. The van der Waals surface area contributed by atoms with E-state index in [0.717, 1.165) is 33.9 Å². The standard InChI is InChI=1S/C31H23ClFN5/c1-20-27-29(28-23(32)15-10-16-24(28)33)37-26-18-9-8-17-25(26)36(19-21-11-4-2-5-12-21)31(37)34-30(27)38(35-20)22-13-6-3-7-14-22/h2-18,29H,19H2,1H3/t29-/m1/s1. The van der Waals surface area contributed by atoms with Crippen molar-refractivity contribution in [2.45, 2.75) is 19.5 Å². The van der Waals surface area contributed by atoms with Crippen LogP contribution in [0.4, 0.5) is 21.6 Å². The number of fused-ring (bicyclic) bond motifs is 4. The number of aliphatic imine (C=N–C) groups is 1. The molecule has 0 saturated heterocycles. The number of para-hydroxylation sites is 3. The SMILES string of the molecule is Cc1nn(-c2ccccc2)c2c1[C@H](c1c(F)cccc1Cl)N1C(=N2)N(Cc2ccccc2)c2ccccc21. The molecule has 0 radical (unpaired) electrons. The molecule has 5 nitrogen and oxygen atoms in total. The minimum absolute atomic E-state index is 0.361. The van der Waals surface area contributed by atoms with Gasteiger partial charge in [-0.25, -0.2) is 9.07 Å². The molecule has 0 N–H and O–H groups in total. The fraction of sp³-hybridized carbons (Fsp3) is 0.0968. The molecule has 0 unspecified atom stereocenters. The monoisotopic (exact) mass is 519 g/mol. The Labute approximate surface area is 225 Å². The van der Waals surface area contributed by atoms with Gasteiger partial charge in [0.2, 0.25) is 5.96 Å². The van der Waals surface area contributed by atoms with E-state index in [1.165, 1.54) is 6.07 Å². The Morgan fingerprint density at radius 2 is 1.47 bits per heavy atom. The number of nitrogens with zero attached hydrogens (tertiary/aromatic N) is 5. The van der Waals surface area contributed by atoms with Gasteiger partial charge in [-0.15, -0.1) is 0 Å². The minimum atomic E-state index is -0.550. The van der Waals surface area contributed by atoms with Crippen LogP contribution >= 0.6 is 11.6 Å². The fourth-order valence-electron chi connectivity index (χ4n) is 5.51. The molecule has 1 atom stereocenters. The van der Waals surface area contributed by atoms with Crippen molar-refractivity contribution in [2.75, 3.05) is 9.80 Å². The van der Waals surface area contributed by atoms with Crippen molar-refractivity contribution in [3.05, 3.63) is 136 Å².